The maximum Gasteiger partial charge on any atom is 0.320 e. The van der Waals surface area contributed by atoms with Gasteiger partial charge in [-0.15, -0.1) is 0 Å². The number of nitrogens with two attached hydrogens (primary N) is 1. The quantitative estimate of drug-likeness (QED) is 0.507. The van der Waals surface area contributed by atoms with Crippen molar-refractivity contribution in [2.24, 2.45) is 16.6 Å². The third-order valence-corrected chi connectivity index (χ3v) is 7.90. The Morgan fingerprint density at radius 3 is 2.43 bits per heavy atom. The average Bonchev–Trinajstić information content (AvgIpc) is 3.34. The predicted octanol–water partition coefficient (Wildman–Crippen LogP) is 3.74. The van der Waals surface area contributed by atoms with Crippen molar-refractivity contribution >= 4 is 24.0 Å². The molecule has 3 amide bonds. The maximum absolute atomic E-state index is 12.6. The SMILES string of the molecule is CCN1CCC(OC2(C3CCC(NC(=O)Nc4cc(C(C)(C)C)on4)CC3)C=NC(C(N)=O)=CC2)CC1. The molecule has 0 bridgehead atoms. The van der Waals surface area contributed by atoms with E-state index in [1.54, 1.807) is 6.07 Å². The number of nitrogens with zero attached hydrogens (tertiary/aromatic N) is 3. The summed E-state index contributed by atoms with van der Waals surface area (Å²) in [6, 6.07) is 1.55. The highest BCUT2D eigenvalue weighted by Crippen LogP contribution is 2.40. The van der Waals surface area contributed by atoms with Crippen LogP contribution in [0.25, 0.3) is 0 Å². The number of aromatic nitrogens is 1. The van der Waals surface area contributed by atoms with Crippen LogP contribution in [-0.2, 0) is 14.9 Å². The fourth-order valence-electron chi connectivity index (χ4n) is 5.56. The molecule has 204 valence electrons. The Hall–Kier alpha value is -2.72. The summed E-state index contributed by atoms with van der Waals surface area (Å²) >= 11 is 0. The zero-order chi connectivity index (χ0) is 26.6. The van der Waals surface area contributed by atoms with Crippen LogP contribution in [0.15, 0.2) is 27.4 Å². The molecule has 3 aliphatic rings. The molecule has 1 aromatic rings. The van der Waals surface area contributed by atoms with Gasteiger partial charge in [0, 0.05) is 43.2 Å². The molecule has 2 fully saturated rings. The summed E-state index contributed by atoms with van der Waals surface area (Å²) in [5.74, 6) is 0.864. The summed E-state index contributed by atoms with van der Waals surface area (Å²) in [5.41, 5.74) is 5.04. The molecule has 10 nitrogen and oxygen atoms in total. The summed E-state index contributed by atoms with van der Waals surface area (Å²) in [6.07, 6.45) is 9.86. The minimum Gasteiger partial charge on any atom is -0.365 e. The molecule has 1 aromatic heterocycles. The number of hydrogen-bond donors (Lipinski definition) is 3. The van der Waals surface area contributed by atoms with Crippen LogP contribution in [0.3, 0.4) is 0 Å². The van der Waals surface area contributed by atoms with Crippen LogP contribution in [-0.4, -0.2) is 65.6 Å². The second-order valence-corrected chi connectivity index (χ2v) is 11.6. The highest BCUT2D eigenvalue weighted by atomic mass is 16.5. The number of amides is 3. The lowest BCUT2D eigenvalue weighted by Crippen LogP contribution is -2.51. The van der Waals surface area contributed by atoms with Gasteiger partial charge in [-0.25, -0.2) is 4.79 Å². The van der Waals surface area contributed by atoms with Crippen LogP contribution in [0.5, 0.6) is 0 Å². The smallest absolute Gasteiger partial charge is 0.320 e. The van der Waals surface area contributed by atoms with Crippen molar-refractivity contribution < 1.29 is 18.8 Å². The minimum absolute atomic E-state index is 0.0623. The molecule has 3 heterocycles. The molecule has 4 rings (SSSR count). The molecule has 37 heavy (non-hydrogen) atoms. The number of hydrogen-bond acceptors (Lipinski definition) is 7. The Kier molecular flexibility index (Phi) is 8.38. The second kappa shape index (κ2) is 11.3. The molecule has 0 aromatic carbocycles. The van der Waals surface area contributed by atoms with Crippen molar-refractivity contribution in [2.45, 2.75) is 95.8 Å². The van der Waals surface area contributed by atoms with E-state index in [1.165, 1.54) is 0 Å². The topological polar surface area (TPSA) is 135 Å². The molecule has 1 saturated carbocycles. The average molecular weight is 515 g/mol. The standard InChI is InChI=1S/C27H42N6O4/c1-5-33-14-11-20(12-15-33)36-27(13-10-21(24(28)34)29-17-27)18-6-8-19(9-7-18)30-25(35)31-23-16-22(37-32-23)26(2,3)4/h10,16-20H,5-9,11-15H2,1-4H3,(H2,28,34)(H2,30,31,32,35). The molecule has 1 aliphatic carbocycles. The highest BCUT2D eigenvalue weighted by Gasteiger charge is 2.43. The number of likely N-dealkylation sites (tertiary alicyclic amines) is 1. The first kappa shape index (κ1) is 27.3. The van der Waals surface area contributed by atoms with Crippen LogP contribution in [0.1, 0.15) is 78.4 Å². The van der Waals surface area contributed by atoms with Crippen molar-refractivity contribution in [2.75, 3.05) is 25.0 Å². The Balaban J connectivity index is 1.34. The molecule has 1 atom stereocenters. The van der Waals surface area contributed by atoms with E-state index in [0.717, 1.165) is 63.9 Å². The molecule has 0 spiro atoms. The van der Waals surface area contributed by atoms with Gasteiger partial charge in [-0.3, -0.25) is 15.1 Å². The molecular formula is C27H42N6O4. The summed E-state index contributed by atoms with van der Waals surface area (Å²) < 4.78 is 12.2. The van der Waals surface area contributed by atoms with E-state index in [4.69, 9.17) is 15.0 Å². The van der Waals surface area contributed by atoms with Crippen molar-refractivity contribution in [1.82, 2.24) is 15.4 Å². The van der Waals surface area contributed by atoms with E-state index in [9.17, 15) is 9.59 Å². The number of piperidine rings is 1. The first-order chi connectivity index (χ1) is 17.6. The fourth-order valence-corrected chi connectivity index (χ4v) is 5.56. The van der Waals surface area contributed by atoms with Crippen molar-refractivity contribution in [3.8, 4) is 0 Å². The zero-order valence-corrected chi connectivity index (χ0v) is 22.6. The molecular weight excluding hydrogens is 472 g/mol. The van der Waals surface area contributed by atoms with Gasteiger partial charge in [0.05, 0.1) is 6.10 Å². The Morgan fingerprint density at radius 1 is 1.19 bits per heavy atom. The van der Waals surface area contributed by atoms with Crippen LogP contribution < -0.4 is 16.4 Å². The van der Waals surface area contributed by atoms with Crippen LogP contribution in [0, 0.1) is 5.92 Å². The number of primary amides is 1. The Labute approximate surface area is 219 Å². The molecule has 10 heteroatoms. The number of anilines is 1. The monoisotopic (exact) mass is 514 g/mol. The minimum atomic E-state index is -0.546. The van der Waals surface area contributed by atoms with Crippen molar-refractivity contribution in [1.29, 1.82) is 0 Å². The molecule has 0 radical (unpaired) electrons. The number of rotatable bonds is 7. The van der Waals surface area contributed by atoms with Crippen molar-refractivity contribution in [3.63, 3.8) is 0 Å². The Morgan fingerprint density at radius 2 is 1.89 bits per heavy atom. The lowest BCUT2D eigenvalue weighted by molar-refractivity contribution is -0.115. The summed E-state index contributed by atoms with van der Waals surface area (Å²) in [7, 11) is 0. The first-order valence-corrected chi connectivity index (χ1v) is 13.6. The van der Waals surface area contributed by atoms with Crippen LogP contribution in [0.4, 0.5) is 10.6 Å². The van der Waals surface area contributed by atoms with E-state index in [1.807, 2.05) is 33.1 Å². The third-order valence-electron chi connectivity index (χ3n) is 7.90. The van der Waals surface area contributed by atoms with Gasteiger partial charge in [0.1, 0.15) is 17.1 Å². The van der Waals surface area contributed by atoms with E-state index < -0.39 is 11.5 Å². The summed E-state index contributed by atoms with van der Waals surface area (Å²) in [4.78, 5) is 31.1. The van der Waals surface area contributed by atoms with E-state index in [-0.39, 0.29) is 29.5 Å². The number of aliphatic imine (C=N–C) groups is 1. The van der Waals surface area contributed by atoms with Crippen LogP contribution >= 0.6 is 0 Å². The van der Waals surface area contributed by atoms with Gasteiger partial charge < -0.3 is 25.2 Å². The van der Waals surface area contributed by atoms with Crippen molar-refractivity contribution in [3.05, 3.63) is 23.6 Å². The Bertz CT molecular complexity index is 1010. The normalized spacial score (nSPS) is 27.5. The van der Waals surface area contributed by atoms with Gasteiger partial charge in [-0.05, 0) is 57.1 Å². The van der Waals surface area contributed by atoms with Crippen LogP contribution in [0.2, 0.25) is 0 Å². The number of carbonyl (C=O) groups is 2. The lowest BCUT2D eigenvalue weighted by atomic mass is 9.73. The highest BCUT2D eigenvalue weighted by molar-refractivity contribution is 5.94. The summed E-state index contributed by atoms with van der Waals surface area (Å²) in [5, 5.41) is 9.83. The lowest BCUT2D eigenvalue weighted by Gasteiger charge is -2.45. The molecule has 1 saturated heterocycles. The number of ether oxygens (including phenoxy) is 1. The van der Waals surface area contributed by atoms with E-state index >= 15 is 0 Å². The molecule has 2 aliphatic heterocycles. The first-order valence-electron chi connectivity index (χ1n) is 13.6. The number of urea groups is 1. The summed E-state index contributed by atoms with van der Waals surface area (Å²) in [6.45, 7) is 11.4. The maximum atomic E-state index is 12.6. The van der Waals surface area contributed by atoms with Gasteiger partial charge in [-0.1, -0.05) is 32.9 Å². The fraction of sp³-hybridized carbons (Fsp3) is 0.704. The van der Waals surface area contributed by atoms with E-state index in [0.29, 0.717) is 17.9 Å². The zero-order valence-electron chi connectivity index (χ0n) is 22.6. The largest absolute Gasteiger partial charge is 0.365 e. The molecule has 4 N–H and O–H groups in total. The predicted molar refractivity (Wildman–Crippen MR) is 142 cm³/mol. The van der Waals surface area contributed by atoms with Gasteiger partial charge >= 0.3 is 6.03 Å². The van der Waals surface area contributed by atoms with E-state index in [2.05, 4.69) is 32.6 Å². The second-order valence-electron chi connectivity index (χ2n) is 11.6. The number of carbonyl (C=O) groups excluding carboxylic acids is 2. The van der Waals surface area contributed by atoms with Gasteiger partial charge in [0.25, 0.3) is 5.91 Å². The number of nitrogens with one attached hydrogen (secondary N) is 2. The van der Waals surface area contributed by atoms with Gasteiger partial charge in [0.15, 0.2) is 5.82 Å². The molecule has 1 unspecified atom stereocenters. The third kappa shape index (κ3) is 6.78. The van der Waals surface area contributed by atoms with Gasteiger partial charge in [0.2, 0.25) is 0 Å². The van der Waals surface area contributed by atoms with Gasteiger partial charge in [-0.2, -0.15) is 0 Å².